The number of rotatable bonds is 2. The molecule has 2 aromatic rings. The van der Waals surface area contributed by atoms with Crippen molar-refractivity contribution in [2.45, 2.75) is 12.8 Å². The van der Waals surface area contributed by atoms with Gasteiger partial charge in [0.1, 0.15) is 5.82 Å². The summed E-state index contributed by atoms with van der Waals surface area (Å²) in [4.78, 5) is 11.3. The fourth-order valence-electron chi connectivity index (χ4n) is 2.52. The third-order valence-electron chi connectivity index (χ3n) is 3.54. The van der Waals surface area contributed by atoms with Crippen LogP contribution < -0.4 is 4.90 Å². The lowest BCUT2D eigenvalue weighted by atomic mass is 9.99. The van der Waals surface area contributed by atoms with Crippen LogP contribution in [0.1, 0.15) is 12.8 Å². The normalized spacial score (nSPS) is 20.3. The highest BCUT2D eigenvalue weighted by molar-refractivity contribution is 5.75. The first-order valence-electron chi connectivity index (χ1n) is 6.44. The fourth-order valence-corrected chi connectivity index (χ4v) is 2.52. The van der Waals surface area contributed by atoms with Gasteiger partial charge in [-0.1, -0.05) is 12.1 Å². The molecule has 1 aliphatic rings. The Balaban J connectivity index is 1.89. The molecule has 4 nitrogen and oxygen atoms in total. The molecule has 1 fully saturated rings. The Morgan fingerprint density at radius 3 is 2.94 bits per heavy atom. The highest BCUT2D eigenvalue weighted by Gasteiger charge is 2.20. The Hall–Kier alpha value is -1.68. The van der Waals surface area contributed by atoms with Crippen molar-refractivity contribution in [1.82, 2.24) is 9.97 Å². The van der Waals surface area contributed by atoms with E-state index >= 15 is 0 Å². The number of aliphatic hydroxyl groups is 1. The fraction of sp³-hybridized carbons (Fsp3) is 0.429. The van der Waals surface area contributed by atoms with E-state index in [2.05, 4.69) is 14.9 Å². The molecule has 1 saturated heterocycles. The zero-order chi connectivity index (χ0) is 12.4. The maximum atomic E-state index is 9.26. The molecule has 1 aromatic carbocycles. The molecule has 0 amide bonds. The number of hydrogen-bond donors (Lipinski definition) is 1. The Bertz CT molecular complexity index is 543. The van der Waals surface area contributed by atoms with E-state index in [1.165, 1.54) is 0 Å². The van der Waals surface area contributed by atoms with Gasteiger partial charge >= 0.3 is 0 Å². The van der Waals surface area contributed by atoms with Gasteiger partial charge in [0.05, 0.1) is 17.2 Å². The van der Waals surface area contributed by atoms with Gasteiger partial charge in [0.2, 0.25) is 0 Å². The molecule has 0 bridgehead atoms. The summed E-state index contributed by atoms with van der Waals surface area (Å²) in [6.45, 7) is 2.14. The monoisotopic (exact) mass is 243 g/mol. The highest BCUT2D eigenvalue weighted by Crippen LogP contribution is 2.22. The van der Waals surface area contributed by atoms with E-state index < -0.39 is 0 Å². The van der Waals surface area contributed by atoms with Crippen molar-refractivity contribution in [3.63, 3.8) is 0 Å². The third-order valence-corrected chi connectivity index (χ3v) is 3.54. The molecule has 0 spiro atoms. The van der Waals surface area contributed by atoms with Crippen LogP contribution in [0.4, 0.5) is 5.82 Å². The number of fused-ring (bicyclic) bond motifs is 1. The van der Waals surface area contributed by atoms with Gasteiger partial charge in [-0.2, -0.15) is 0 Å². The van der Waals surface area contributed by atoms with Crippen LogP contribution in [-0.4, -0.2) is 34.8 Å². The molecular weight excluding hydrogens is 226 g/mol. The van der Waals surface area contributed by atoms with E-state index in [4.69, 9.17) is 0 Å². The SMILES string of the molecule is OC[C@@H]1CCCN(c2cnc3ccccc3n2)C1. The second-order valence-corrected chi connectivity index (χ2v) is 4.85. The summed E-state index contributed by atoms with van der Waals surface area (Å²) in [6, 6.07) is 7.91. The largest absolute Gasteiger partial charge is 0.396 e. The number of benzene rings is 1. The maximum absolute atomic E-state index is 9.26. The predicted molar refractivity (Wildman–Crippen MR) is 71.6 cm³/mol. The van der Waals surface area contributed by atoms with Crippen molar-refractivity contribution in [3.05, 3.63) is 30.5 Å². The van der Waals surface area contributed by atoms with Gasteiger partial charge < -0.3 is 10.0 Å². The summed E-state index contributed by atoms with van der Waals surface area (Å²) in [6.07, 6.45) is 4.05. The molecule has 3 rings (SSSR count). The van der Waals surface area contributed by atoms with E-state index in [9.17, 15) is 5.11 Å². The van der Waals surface area contributed by atoms with Gasteiger partial charge in [-0.05, 0) is 30.9 Å². The summed E-state index contributed by atoms with van der Waals surface area (Å²) in [5, 5.41) is 9.26. The van der Waals surface area contributed by atoms with Gasteiger partial charge in [0.15, 0.2) is 0 Å². The standard InChI is InChI=1S/C14H17N3O/c18-10-11-4-3-7-17(9-11)14-8-15-12-5-1-2-6-13(12)16-14/h1-2,5-6,8,11,18H,3-4,7,9-10H2/t11-/m1/s1. The van der Waals surface area contributed by atoms with Crippen molar-refractivity contribution in [2.24, 2.45) is 5.92 Å². The van der Waals surface area contributed by atoms with Gasteiger partial charge in [0, 0.05) is 19.7 Å². The minimum atomic E-state index is 0.261. The average molecular weight is 243 g/mol. The Kier molecular flexibility index (Phi) is 3.11. The van der Waals surface area contributed by atoms with Crippen LogP contribution >= 0.6 is 0 Å². The topological polar surface area (TPSA) is 49.2 Å². The van der Waals surface area contributed by atoms with Crippen molar-refractivity contribution in [2.75, 3.05) is 24.6 Å². The number of aliphatic hydroxyl groups excluding tert-OH is 1. The van der Waals surface area contributed by atoms with Crippen molar-refractivity contribution in [1.29, 1.82) is 0 Å². The summed E-state index contributed by atoms with van der Waals surface area (Å²) >= 11 is 0. The number of para-hydroxylation sites is 2. The molecule has 0 aliphatic carbocycles. The van der Waals surface area contributed by atoms with Crippen LogP contribution in [0.15, 0.2) is 30.5 Å². The number of anilines is 1. The molecule has 94 valence electrons. The Morgan fingerprint density at radius 1 is 1.28 bits per heavy atom. The molecule has 0 radical (unpaired) electrons. The average Bonchev–Trinajstić information content (AvgIpc) is 2.47. The summed E-state index contributed by atoms with van der Waals surface area (Å²) in [5.41, 5.74) is 1.86. The Morgan fingerprint density at radius 2 is 2.11 bits per heavy atom. The lowest BCUT2D eigenvalue weighted by molar-refractivity contribution is 0.208. The second kappa shape index (κ2) is 4.90. The van der Waals surface area contributed by atoms with Crippen molar-refractivity contribution >= 4 is 16.9 Å². The zero-order valence-corrected chi connectivity index (χ0v) is 10.3. The van der Waals surface area contributed by atoms with Crippen LogP contribution in [0.5, 0.6) is 0 Å². The molecule has 0 saturated carbocycles. The first-order valence-corrected chi connectivity index (χ1v) is 6.44. The predicted octanol–water partition coefficient (Wildman–Crippen LogP) is 1.84. The lowest BCUT2D eigenvalue weighted by Crippen LogP contribution is -2.37. The minimum absolute atomic E-state index is 0.261. The van der Waals surface area contributed by atoms with Crippen LogP contribution in [0.2, 0.25) is 0 Å². The van der Waals surface area contributed by atoms with Gasteiger partial charge in [-0.15, -0.1) is 0 Å². The van der Waals surface area contributed by atoms with E-state index in [0.717, 1.165) is 42.8 Å². The van der Waals surface area contributed by atoms with Crippen LogP contribution in [0, 0.1) is 5.92 Å². The summed E-state index contributed by atoms with van der Waals surface area (Å²) in [7, 11) is 0. The van der Waals surface area contributed by atoms with Gasteiger partial charge in [-0.25, -0.2) is 4.98 Å². The van der Waals surface area contributed by atoms with Crippen LogP contribution in [0.25, 0.3) is 11.0 Å². The van der Waals surface area contributed by atoms with E-state index in [-0.39, 0.29) is 6.61 Å². The van der Waals surface area contributed by atoms with E-state index in [1.54, 1.807) is 0 Å². The molecule has 4 heteroatoms. The van der Waals surface area contributed by atoms with E-state index in [1.807, 2.05) is 30.5 Å². The number of piperidine rings is 1. The summed E-state index contributed by atoms with van der Waals surface area (Å²) in [5.74, 6) is 1.29. The summed E-state index contributed by atoms with van der Waals surface area (Å²) < 4.78 is 0. The minimum Gasteiger partial charge on any atom is -0.396 e. The van der Waals surface area contributed by atoms with Gasteiger partial charge in [-0.3, -0.25) is 4.98 Å². The van der Waals surface area contributed by atoms with Gasteiger partial charge in [0.25, 0.3) is 0 Å². The molecular formula is C14H17N3O. The lowest BCUT2D eigenvalue weighted by Gasteiger charge is -2.32. The molecule has 18 heavy (non-hydrogen) atoms. The first kappa shape index (κ1) is 11.4. The zero-order valence-electron chi connectivity index (χ0n) is 10.3. The molecule has 1 aliphatic heterocycles. The molecule has 1 aromatic heterocycles. The molecule has 1 N–H and O–H groups in total. The number of aromatic nitrogens is 2. The second-order valence-electron chi connectivity index (χ2n) is 4.85. The highest BCUT2D eigenvalue weighted by atomic mass is 16.3. The molecule has 2 heterocycles. The molecule has 0 unspecified atom stereocenters. The third kappa shape index (κ3) is 2.16. The smallest absolute Gasteiger partial charge is 0.147 e. The van der Waals surface area contributed by atoms with E-state index in [0.29, 0.717) is 5.92 Å². The number of nitrogens with zero attached hydrogens (tertiary/aromatic N) is 3. The quantitative estimate of drug-likeness (QED) is 0.874. The van der Waals surface area contributed by atoms with Crippen LogP contribution in [0.3, 0.4) is 0 Å². The Labute approximate surface area is 106 Å². The van der Waals surface area contributed by atoms with Crippen LogP contribution in [-0.2, 0) is 0 Å². The number of hydrogen-bond acceptors (Lipinski definition) is 4. The van der Waals surface area contributed by atoms with Crippen molar-refractivity contribution in [3.8, 4) is 0 Å². The first-order chi connectivity index (χ1) is 8.86. The molecule has 1 atom stereocenters. The van der Waals surface area contributed by atoms with Crippen molar-refractivity contribution < 1.29 is 5.11 Å². The maximum Gasteiger partial charge on any atom is 0.147 e.